The van der Waals surface area contributed by atoms with Crippen LogP contribution in [-0.4, -0.2) is 56.8 Å². The quantitative estimate of drug-likeness (QED) is 0.628. The number of rotatable bonds is 3. The van der Waals surface area contributed by atoms with Gasteiger partial charge in [0.15, 0.2) is 6.23 Å². The van der Waals surface area contributed by atoms with Crippen LogP contribution < -0.4 is 0 Å². The Bertz CT molecular complexity index is 916. The van der Waals surface area contributed by atoms with Gasteiger partial charge in [0.2, 0.25) is 0 Å². The van der Waals surface area contributed by atoms with Crippen LogP contribution in [0.5, 0.6) is 0 Å². The minimum absolute atomic E-state index is 0.0441. The maximum atomic E-state index is 13.0. The number of benzene rings is 1. The average molecular weight is 449 g/mol. The third-order valence-electron chi connectivity index (χ3n) is 4.24. The van der Waals surface area contributed by atoms with Crippen LogP contribution in [0, 0.1) is 0 Å². The number of ketones is 1. The van der Waals surface area contributed by atoms with Gasteiger partial charge in [-0.05, 0) is 12.1 Å². The second kappa shape index (κ2) is 7.07. The Hall–Kier alpha value is -1.07. The van der Waals surface area contributed by atoms with Crippen LogP contribution in [0.2, 0.25) is 15.2 Å². The minimum Gasteiger partial charge on any atom is -0.394 e. The Morgan fingerprint density at radius 1 is 1.15 bits per heavy atom. The zero-order valence-electron chi connectivity index (χ0n) is 13.0. The van der Waals surface area contributed by atoms with Gasteiger partial charge in [-0.2, -0.15) is 13.2 Å². The summed E-state index contributed by atoms with van der Waals surface area (Å²) in [6.45, 7) is -0.660. The van der Waals surface area contributed by atoms with Crippen LogP contribution in [0.25, 0.3) is 10.9 Å². The van der Waals surface area contributed by atoms with Gasteiger partial charge in [-0.15, -0.1) is 0 Å². The molecular formula is C15H11Cl3F3NO5. The van der Waals surface area contributed by atoms with Gasteiger partial charge in [-0.25, -0.2) is 0 Å². The lowest BCUT2D eigenvalue weighted by molar-refractivity contribution is -0.0884. The highest BCUT2D eigenvalue weighted by atomic mass is 35.5. The number of nitrogens with zero attached hydrogens (tertiary/aromatic N) is 1. The molecule has 1 fully saturated rings. The summed E-state index contributed by atoms with van der Waals surface area (Å²) in [4.78, 5) is 11.9. The molecule has 4 atom stereocenters. The number of hydrogen-bond donors (Lipinski definition) is 3. The number of aliphatic hydroxyl groups excluding tert-OH is 3. The summed E-state index contributed by atoms with van der Waals surface area (Å²) >= 11 is 17.9. The van der Waals surface area contributed by atoms with E-state index in [2.05, 4.69) is 0 Å². The van der Waals surface area contributed by atoms with Crippen LogP contribution in [-0.2, 0) is 4.74 Å². The molecule has 2 aromatic rings. The van der Waals surface area contributed by atoms with E-state index in [1.807, 2.05) is 0 Å². The van der Waals surface area contributed by atoms with Gasteiger partial charge in [0.25, 0.3) is 5.78 Å². The zero-order chi connectivity index (χ0) is 20.3. The molecule has 1 aromatic carbocycles. The molecule has 0 saturated carbocycles. The maximum absolute atomic E-state index is 13.0. The summed E-state index contributed by atoms with van der Waals surface area (Å²) in [7, 11) is 0. The lowest BCUT2D eigenvalue weighted by atomic mass is 10.1. The Labute approximate surface area is 164 Å². The van der Waals surface area contributed by atoms with E-state index in [4.69, 9.17) is 39.5 Å². The number of halogens is 6. The second-order valence-electron chi connectivity index (χ2n) is 5.88. The van der Waals surface area contributed by atoms with E-state index >= 15 is 0 Å². The van der Waals surface area contributed by atoms with Crippen LogP contribution in [0.4, 0.5) is 13.2 Å². The topological polar surface area (TPSA) is 91.9 Å². The van der Waals surface area contributed by atoms with Crippen LogP contribution >= 0.6 is 34.8 Å². The van der Waals surface area contributed by atoms with E-state index in [9.17, 15) is 33.3 Å². The van der Waals surface area contributed by atoms with Gasteiger partial charge in [0.1, 0.15) is 23.5 Å². The normalized spacial score (nSPS) is 26.1. The van der Waals surface area contributed by atoms with Crippen molar-refractivity contribution in [1.82, 2.24) is 4.57 Å². The molecule has 3 N–H and O–H groups in total. The Morgan fingerprint density at radius 3 is 2.26 bits per heavy atom. The number of hydrogen-bond acceptors (Lipinski definition) is 5. The number of carbonyl (C=O) groups is 1. The molecule has 12 heteroatoms. The van der Waals surface area contributed by atoms with E-state index in [-0.39, 0.29) is 20.9 Å². The van der Waals surface area contributed by atoms with Crippen molar-refractivity contribution in [3.05, 3.63) is 32.9 Å². The summed E-state index contributed by atoms with van der Waals surface area (Å²) in [5.41, 5.74) is -0.965. The fraction of sp³-hybridized carbons (Fsp3) is 0.400. The fourth-order valence-electron chi connectivity index (χ4n) is 2.97. The summed E-state index contributed by atoms with van der Waals surface area (Å²) < 4.78 is 45.3. The third-order valence-corrected chi connectivity index (χ3v) is 5.33. The summed E-state index contributed by atoms with van der Waals surface area (Å²) in [6, 6.07) is 2.20. The predicted octanol–water partition coefficient (Wildman–Crippen LogP) is 2.96. The first-order chi connectivity index (χ1) is 12.5. The number of fused-ring (bicyclic) bond motifs is 1. The smallest absolute Gasteiger partial charge is 0.394 e. The summed E-state index contributed by atoms with van der Waals surface area (Å²) in [6.07, 6.45) is -11.1. The van der Waals surface area contributed by atoms with Crippen molar-refractivity contribution < 1.29 is 38.0 Å². The van der Waals surface area contributed by atoms with E-state index < -0.39 is 53.8 Å². The molecule has 0 spiro atoms. The molecule has 1 aliphatic heterocycles. The Morgan fingerprint density at radius 2 is 1.74 bits per heavy atom. The highest BCUT2D eigenvalue weighted by Crippen LogP contribution is 2.43. The summed E-state index contributed by atoms with van der Waals surface area (Å²) in [5.74, 6) is -2.22. The molecular weight excluding hydrogens is 438 g/mol. The first-order valence-corrected chi connectivity index (χ1v) is 8.54. The Balaban J connectivity index is 2.29. The molecule has 0 bridgehead atoms. The first-order valence-electron chi connectivity index (χ1n) is 7.41. The fourth-order valence-corrected chi connectivity index (χ4v) is 3.67. The highest BCUT2D eigenvalue weighted by molar-refractivity contribution is 6.43. The van der Waals surface area contributed by atoms with E-state index in [0.717, 1.165) is 16.7 Å². The largest absolute Gasteiger partial charge is 0.455 e. The number of ether oxygens (including phenoxy) is 1. The van der Waals surface area contributed by atoms with Gasteiger partial charge >= 0.3 is 6.18 Å². The number of Topliss-reactive ketones (excluding diaryl/α,β-unsaturated/α-hetero) is 1. The number of alkyl halides is 3. The lowest BCUT2D eigenvalue weighted by Gasteiger charge is -2.19. The molecule has 3 rings (SSSR count). The number of carbonyl (C=O) groups excluding carboxylic acids is 1. The van der Waals surface area contributed by atoms with Crippen molar-refractivity contribution in [3.63, 3.8) is 0 Å². The lowest BCUT2D eigenvalue weighted by Crippen LogP contribution is -2.33. The molecule has 0 aliphatic carbocycles. The maximum Gasteiger partial charge on any atom is 0.455 e. The zero-order valence-corrected chi connectivity index (χ0v) is 15.3. The van der Waals surface area contributed by atoms with E-state index in [1.54, 1.807) is 0 Å². The average Bonchev–Trinajstić information content (AvgIpc) is 3.01. The van der Waals surface area contributed by atoms with Gasteiger partial charge in [0, 0.05) is 5.39 Å². The molecule has 0 unspecified atom stereocenters. The molecule has 0 amide bonds. The predicted molar refractivity (Wildman–Crippen MR) is 90.4 cm³/mol. The van der Waals surface area contributed by atoms with Gasteiger partial charge in [0.05, 0.1) is 27.7 Å². The van der Waals surface area contributed by atoms with Gasteiger partial charge in [-0.1, -0.05) is 34.8 Å². The van der Waals surface area contributed by atoms with Crippen LogP contribution in [0.3, 0.4) is 0 Å². The Kier molecular flexibility index (Phi) is 5.41. The molecule has 2 heterocycles. The minimum atomic E-state index is -5.23. The molecule has 1 aromatic heterocycles. The molecule has 1 aliphatic rings. The van der Waals surface area contributed by atoms with Crippen molar-refractivity contribution >= 4 is 51.5 Å². The van der Waals surface area contributed by atoms with Crippen molar-refractivity contribution in [2.45, 2.75) is 30.7 Å². The molecule has 148 valence electrons. The van der Waals surface area contributed by atoms with Crippen molar-refractivity contribution in [3.8, 4) is 0 Å². The van der Waals surface area contributed by atoms with Gasteiger partial charge < -0.3 is 24.6 Å². The molecule has 6 nitrogen and oxygen atoms in total. The molecule has 27 heavy (non-hydrogen) atoms. The molecule has 0 radical (unpaired) electrons. The highest BCUT2D eigenvalue weighted by Gasteiger charge is 2.47. The van der Waals surface area contributed by atoms with Crippen LogP contribution in [0.1, 0.15) is 16.6 Å². The number of aromatic nitrogens is 1. The first kappa shape index (κ1) is 20.7. The second-order valence-corrected chi connectivity index (χ2v) is 7.05. The molecule has 1 saturated heterocycles. The monoisotopic (exact) mass is 447 g/mol. The standard InChI is InChI=1S/C15H11Cl3F3NO5/c16-5-1-4-7(2-6(5)17)22(13(18)9(4)12(26)15(19,20)21)14-11(25)10(24)8(3-23)27-14/h1-2,8,10-11,14,23-25H,3H2/t8-,10-,11-,14-/m1/s1. The van der Waals surface area contributed by atoms with Gasteiger partial charge in [-0.3, -0.25) is 4.79 Å². The third kappa shape index (κ3) is 3.31. The SMILES string of the molecule is O=C(c1c(Cl)n([C@@H]2O[C@H](CO)[C@@H](O)[C@H]2O)c2cc(Cl)c(Cl)cc12)C(F)(F)F. The summed E-state index contributed by atoms with van der Waals surface area (Å²) in [5, 5.41) is 28.2. The van der Waals surface area contributed by atoms with E-state index in [0.29, 0.717) is 0 Å². The van der Waals surface area contributed by atoms with Crippen molar-refractivity contribution in [2.24, 2.45) is 0 Å². The van der Waals surface area contributed by atoms with Crippen molar-refractivity contribution in [2.75, 3.05) is 6.61 Å². The van der Waals surface area contributed by atoms with E-state index in [1.165, 1.54) is 0 Å². The van der Waals surface area contributed by atoms with Crippen molar-refractivity contribution in [1.29, 1.82) is 0 Å². The van der Waals surface area contributed by atoms with Crippen LogP contribution in [0.15, 0.2) is 12.1 Å². The number of aliphatic hydroxyl groups is 3.